The fourth-order valence-electron chi connectivity index (χ4n) is 4.83. The van der Waals surface area contributed by atoms with E-state index in [1.807, 2.05) is 0 Å². The van der Waals surface area contributed by atoms with E-state index >= 15 is 0 Å². The molecule has 0 bridgehead atoms. The molecule has 221 valence electrons. The third-order valence-corrected chi connectivity index (χ3v) is 11.4. The van der Waals surface area contributed by atoms with Crippen molar-refractivity contribution >= 4 is 27.1 Å². The average Bonchev–Trinajstić information content (AvgIpc) is 2.89. The van der Waals surface area contributed by atoms with Crippen LogP contribution in [-0.4, -0.2) is 27.1 Å². The molecule has 37 heavy (non-hydrogen) atoms. The van der Waals surface area contributed by atoms with Crippen molar-refractivity contribution < 1.29 is 9.90 Å². The fraction of sp³-hybridized carbons (Fsp3) is 0.971. The van der Waals surface area contributed by atoms with Gasteiger partial charge in [0.05, 0.1) is 0 Å². The van der Waals surface area contributed by atoms with Crippen LogP contribution in [-0.2, 0) is 4.79 Å². The van der Waals surface area contributed by atoms with Gasteiger partial charge in [-0.1, -0.05) is 96.8 Å². The zero-order valence-electron chi connectivity index (χ0n) is 26.0. The molecule has 0 atom stereocenters. The molecule has 0 spiro atoms. The van der Waals surface area contributed by atoms with E-state index in [1.165, 1.54) is 148 Å². The van der Waals surface area contributed by atoms with Crippen LogP contribution in [0, 0.1) is 0 Å². The van der Waals surface area contributed by atoms with Gasteiger partial charge in [-0.25, -0.2) is 0 Å². The standard InChI is InChI=1S/C18H36O2.2C8H17.Sn/c1-2-3-4-5-6-7-8-9-10-11-12-13-14-15-16-17-18(19)20;2*1-3-5-7-8-6-4-2;/h2-17H2,1H3,(H,19,20);2*1,3-8H2,2H3;/q;;;+1/p-1. The molecule has 0 fully saturated rings. The molecule has 1 radical (unpaired) electrons. The van der Waals surface area contributed by atoms with Crippen molar-refractivity contribution in [1.82, 2.24) is 0 Å². The number of carbonyl (C=O) groups is 1. The summed E-state index contributed by atoms with van der Waals surface area (Å²) in [5.74, 6) is -0.903. The summed E-state index contributed by atoms with van der Waals surface area (Å²) in [4.78, 5) is 10.2. The Balaban J connectivity index is 0. The Morgan fingerprint density at radius 1 is 0.405 bits per heavy atom. The van der Waals surface area contributed by atoms with Gasteiger partial charge in [-0.05, 0) is 12.8 Å². The number of carboxylic acid groups (broad SMARTS) is 1. The summed E-state index contributed by atoms with van der Waals surface area (Å²) < 4.78 is 3.31. The minimum absolute atomic E-state index is 0.0736. The van der Waals surface area contributed by atoms with E-state index in [0.717, 1.165) is 12.8 Å². The molecule has 0 aliphatic rings. The minimum atomic E-state index is -0.903. The number of carboxylic acids is 1. The van der Waals surface area contributed by atoms with Crippen molar-refractivity contribution in [3.8, 4) is 0 Å². The Morgan fingerprint density at radius 2 is 0.649 bits per heavy atom. The molecule has 0 saturated carbocycles. The van der Waals surface area contributed by atoms with Crippen molar-refractivity contribution in [3.05, 3.63) is 0 Å². The number of hydrogen-bond donors (Lipinski definition) is 0. The zero-order chi connectivity index (χ0) is 27.5. The molecule has 0 rings (SSSR count). The van der Waals surface area contributed by atoms with Gasteiger partial charge in [0, 0.05) is 5.97 Å². The molecule has 0 N–H and O–H groups in total. The van der Waals surface area contributed by atoms with Crippen molar-refractivity contribution in [3.63, 3.8) is 0 Å². The summed E-state index contributed by atoms with van der Waals surface area (Å²) in [5, 5.41) is 10.2. The number of rotatable bonds is 30. The Hall–Kier alpha value is 0.269. The molecule has 0 aromatic carbocycles. The van der Waals surface area contributed by atoms with Gasteiger partial charge in [0.1, 0.15) is 0 Å². The van der Waals surface area contributed by atoms with Crippen LogP contribution in [0.25, 0.3) is 0 Å². The van der Waals surface area contributed by atoms with E-state index in [1.54, 1.807) is 21.7 Å². The first-order chi connectivity index (χ1) is 18.2. The van der Waals surface area contributed by atoms with Crippen LogP contribution in [0.4, 0.5) is 0 Å². The number of hydrogen-bond acceptors (Lipinski definition) is 2. The topological polar surface area (TPSA) is 40.1 Å². The summed E-state index contributed by atoms with van der Waals surface area (Å²) in [5.41, 5.74) is 0. The summed E-state index contributed by atoms with van der Waals surface area (Å²) in [7, 11) is 0. The molecule has 2 nitrogen and oxygen atoms in total. The predicted molar refractivity (Wildman–Crippen MR) is 167 cm³/mol. The first-order valence-corrected chi connectivity index (χ1v) is 21.1. The summed E-state index contributed by atoms with van der Waals surface area (Å²) in [6.45, 7) is 6.87. The first kappa shape index (κ1) is 39.4. The summed E-state index contributed by atoms with van der Waals surface area (Å²) in [6.07, 6.45) is 37.7. The molecule has 0 aromatic heterocycles. The maximum atomic E-state index is 10.2. The Morgan fingerprint density at radius 3 is 0.919 bits per heavy atom. The Bertz CT molecular complexity index is 385. The van der Waals surface area contributed by atoms with E-state index in [0.29, 0.717) is 0 Å². The predicted octanol–water partition coefficient (Wildman–Crippen LogP) is 11.2. The van der Waals surface area contributed by atoms with E-state index in [2.05, 4.69) is 20.8 Å². The van der Waals surface area contributed by atoms with Crippen molar-refractivity contribution in [2.45, 2.75) is 209 Å². The van der Waals surface area contributed by atoms with Crippen molar-refractivity contribution in [1.29, 1.82) is 0 Å². The molecule has 3 heteroatoms. The average molecular weight is 629 g/mol. The molecule has 0 aliphatic carbocycles. The number of carbonyl (C=O) groups excluding carboxylic acids is 1. The second kappa shape index (κ2) is 38.4. The van der Waals surface area contributed by atoms with Crippen LogP contribution in [0.2, 0.25) is 8.87 Å². The van der Waals surface area contributed by atoms with Crippen LogP contribution in [0.3, 0.4) is 0 Å². The van der Waals surface area contributed by atoms with Gasteiger partial charge < -0.3 is 9.90 Å². The molecule has 0 aliphatic heterocycles. The monoisotopic (exact) mass is 629 g/mol. The van der Waals surface area contributed by atoms with E-state index in [9.17, 15) is 9.90 Å². The summed E-state index contributed by atoms with van der Waals surface area (Å²) in [6, 6.07) is 0. The second-order valence-corrected chi connectivity index (χ2v) is 15.6. The fourth-order valence-corrected chi connectivity index (χ4v) is 8.39. The van der Waals surface area contributed by atoms with Crippen molar-refractivity contribution in [2.75, 3.05) is 0 Å². The first-order valence-electron chi connectivity index (χ1n) is 17.1. The second-order valence-electron chi connectivity index (χ2n) is 11.4. The van der Waals surface area contributed by atoms with Gasteiger partial charge in [-0.15, -0.1) is 0 Å². The van der Waals surface area contributed by atoms with Crippen LogP contribution in [0.15, 0.2) is 0 Å². The molecule has 0 heterocycles. The molecule has 0 amide bonds. The van der Waals surface area contributed by atoms with Gasteiger partial charge >= 0.3 is 121 Å². The SMILES string of the molecule is CCCCCCCCCCCCCCCCCC(=O)[O-].CCCCCCC[CH2][Sn+][CH2]CCCCCCC. The quantitative estimate of drug-likeness (QED) is 0.0587. The number of unbranched alkanes of at least 4 members (excludes halogenated alkanes) is 24. The van der Waals surface area contributed by atoms with Crippen LogP contribution in [0.1, 0.15) is 201 Å². The Labute approximate surface area is 245 Å². The van der Waals surface area contributed by atoms with Crippen LogP contribution in [0.5, 0.6) is 0 Å². The molecular weight excluding hydrogens is 559 g/mol. The molecule has 0 unspecified atom stereocenters. The van der Waals surface area contributed by atoms with Crippen LogP contribution >= 0.6 is 0 Å². The maximum absolute atomic E-state index is 10.2. The van der Waals surface area contributed by atoms with Gasteiger partial charge in [0.15, 0.2) is 0 Å². The summed E-state index contributed by atoms with van der Waals surface area (Å²) >= 11 is 0.0736. The molecular formula is C34H69O2Sn. The van der Waals surface area contributed by atoms with Crippen LogP contribution < -0.4 is 5.11 Å². The molecule has 0 aromatic rings. The van der Waals surface area contributed by atoms with E-state index < -0.39 is 5.97 Å². The third kappa shape index (κ3) is 43.6. The zero-order valence-corrected chi connectivity index (χ0v) is 28.9. The third-order valence-electron chi connectivity index (χ3n) is 7.40. The Kier molecular flexibility index (Phi) is 40.9. The normalized spacial score (nSPS) is 10.8. The van der Waals surface area contributed by atoms with E-state index in [4.69, 9.17) is 0 Å². The van der Waals surface area contributed by atoms with Gasteiger partial charge in [-0.2, -0.15) is 0 Å². The van der Waals surface area contributed by atoms with E-state index in [-0.39, 0.29) is 27.6 Å². The van der Waals surface area contributed by atoms with Gasteiger partial charge in [-0.3, -0.25) is 0 Å². The van der Waals surface area contributed by atoms with Gasteiger partial charge in [0.25, 0.3) is 0 Å². The number of aliphatic carboxylic acids is 1. The van der Waals surface area contributed by atoms with Crippen molar-refractivity contribution in [2.24, 2.45) is 0 Å². The molecule has 0 saturated heterocycles. The van der Waals surface area contributed by atoms with Gasteiger partial charge in [0.2, 0.25) is 0 Å².